The maximum Gasteiger partial charge on any atom is 0.268 e. The number of carbonyl (C=O) groups is 1. The van der Waals surface area contributed by atoms with Crippen LogP contribution in [0.5, 0.6) is 0 Å². The van der Waals surface area contributed by atoms with E-state index in [4.69, 9.17) is 23.2 Å². The lowest BCUT2D eigenvalue weighted by Crippen LogP contribution is -2.11. The molecule has 0 unspecified atom stereocenters. The van der Waals surface area contributed by atoms with Crippen LogP contribution in [0.15, 0.2) is 29.6 Å². The summed E-state index contributed by atoms with van der Waals surface area (Å²) in [7, 11) is 0. The highest BCUT2D eigenvalue weighted by Crippen LogP contribution is 2.23. The summed E-state index contributed by atoms with van der Waals surface area (Å²) < 4.78 is 0. The van der Waals surface area contributed by atoms with E-state index in [1.165, 1.54) is 11.3 Å². The zero-order valence-corrected chi connectivity index (χ0v) is 10.2. The Kier molecular flexibility index (Phi) is 3.43. The van der Waals surface area contributed by atoms with Crippen LogP contribution in [0.4, 0.5) is 5.82 Å². The average molecular weight is 273 g/mol. The van der Waals surface area contributed by atoms with Gasteiger partial charge in [-0.3, -0.25) is 4.79 Å². The SMILES string of the molecule is O=C(Nc1cccc(Cl)n1)c1sccc1Cl. The van der Waals surface area contributed by atoms with Crippen LogP contribution in [-0.4, -0.2) is 10.9 Å². The van der Waals surface area contributed by atoms with Gasteiger partial charge in [-0.25, -0.2) is 4.98 Å². The maximum absolute atomic E-state index is 11.7. The molecule has 0 aliphatic rings. The largest absolute Gasteiger partial charge is 0.306 e. The monoisotopic (exact) mass is 272 g/mol. The third-order valence-corrected chi connectivity index (χ3v) is 3.33. The topological polar surface area (TPSA) is 42.0 Å². The number of pyridine rings is 1. The van der Waals surface area contributed by atoms with Crippen molar-refractivity contribution in [3.8, 4) is 0 Å². The van der Waals surface area contributed by atoms with Crippen LogP contribution in [0, 0.1) is 0 Å². The molecule has 0 atom stereocenters. The Morgan fingerprint density at radius 2 is 2.12 bits per heavy atom. The van der Waals surface area contributed by atoms with Crippen LogP contribution in [0.1, 0.15) is 9.67 Å². The van der Waals surface area contributed by atoms with Gasteiger partial charge in [0.15, 0.2) is 0 Å². The molecule has 1 N–H and O–H groups in total. The highest BCUT2D eigenvalue weighted by molar-refractivity contribution is 7.12. The molecule has 0 saturated carbocycles. The van der Waals surface area contributed by atoms with Crippen molar-refractivity contribution < 1.29 is 4.79 Å². The van der Waals surface area contributed by atoms with Gasteiger partial charge in [0.05, 0.1) is 5.02 Å². The van der Waals surface area contributed by atoms with Crippen molar-refractivity contribution in [2.24, 2.45) is 0 Å². The van der Waals surface area contributed by atoms with Crippen LogP contribution < -0.4 is 5.32 Å². The van der Waals surface area contributed by atoms with Gasteiger partial charge in [-0.2, -0.15) is 0 Å². The predicted octanol–water partition coefficient (Wildman–Crippen LogP) is 3.70. The molecule has 2 aromatic heterocycles. The van der Waals surface area contributed by atoms with Gasteiger partial charge in [0.2, 0.25) is 0 Å². The number of hydrogen-bond donors (Lipinski definition) is 1. The second kappa shape index (κ2) is 4.82. The van der Waals surface area contributed by atoms with Gasteiger partial charge in [-0.05, 0) is 23.6 Å². The second-order valence-corrected chi connectivity index (χ2v) is 4.61. The van der Waals surface area contributed by atoms with Gasteiger partial charge in [-0.1, -0.05) is 29.3 Å². The number of nitrogens with one attached hydrogen (secondary N) is 1. The first-order valence-corrected chi connectivity index (χ1v) is 5.97. The van der Waals surface area contributed by atoms with E-state index < -0.39 is 0 Å². The average Bonchev–Trinajstić information content (AvgIpc) is 2.64. The summed E-state index contributed by atoms with van der Waals surface area (Å²) in [6, 6.07) is 6.67. The summed E-state index contributed by atoms with van der Waals surface area (Å²) in [5.41, 5.74) is 0. The Bertz CT molecular complexity index is 527. The summed E-state index contributed by atoms with van der Waals surface area (Å²) in [4.78, 5) is 16.1. The lowest BCUT2D eigenvalue weighted by molar-refractivity contribution is 0.103. The van der Waals surface area contributed by atoms with E-state index in [2.05, 4.69) is 10.3 Å². The number of carbonyl (C=O) groups excluding carboxylic acids is 1. The normalized spacial score (nSPS) is 10.1. The quantitative estimate of drug-likeness (QED) is 0.847. The van der Waals surface area contributed by atoms with Crippen molar-refractivity contribution in [2.45, 2.75) is 0 Å². The lowest BCUT2D eigenvalue weighted by atomic mass is 10.4. The van der Waals surface area contributed by atoms with Crippen molar-refractivity contribution in [2.75, 3.05) is 5.32 Å². The van der Waals surface area contributed by atoms with Gasteiger partial charge in [0.25, 0.3) is 5.91 Å². The van der Waals surface area contributed by atoms with Crippen molar-refractivity contribution >= 4 is 46.3 Å². The fourth-order valence-electron chi connectivity index (χ4n) is 1.11. The molecular formula is C10H6Cl2N2OS. The Hall–Kier alpha value is -1.10. The Balaban J connectivity index is 2.17. The van der Waals surface area contributed by atoms with Gasteiger partial charge in [0.1, 0.15) is 15.8 Å². The number of rotatable bonds is 2. The highest BCUT2D eigenvalue weighted by Gasteiger charge is 2.12. The molecule has 2 heterocycles. The van der Waals surface area contributed by atoms with E-state index in [0.717, 1.165) is 0 Å². The van der Waals surface area contributed by atoms with Gasteiger partial charge in [0, 0.05) is 0 Å². The first kappa shape index (κ1) is 11.4. The summed E-state index contributed by atoms with van der Waals surface area (Å²) >= 11 is 12.8. The number of aromatic nitrogens is 1. The number of nitrogens with zero attached hydrogens (tertiary/aromatic N) is 1. The molecule has 0 aliphatic carbocycles. The first-order chi connectivity index (χ1) is 7.66. The molecule has 0 fully saturated rings. The minimum atomic E-state index is -0.283. The van der Waals surface area contributed by atoms with E-state index in [0.29, 0.717) is 20.9 Å². The van der Waals surface area contributed by atoms with Gasteiger partial charge >= 0.3 is 0 Å². The summed E-state index contributed by atoms with van der Waals surface area (Å²) in [6.07, 6.45) is 0. The summed E-state index contributed by atoms with van der Waals surface area (Å²) in [5, 5.41) is 5.13. The number of amides is 1. The first-order valence-electron chi connectivity index (χ1n) is 4.34. The molecule has 0 saturated heterocycles. The molecule has 0 aliphatic heterocycles. The molecule has 0 bridgehead atoms. The lowest BCUT2D eigenvalue weighted by Gasteiger charge is -2.02. The molecule has 3 nitrogen and oxygen atoms in total. The smallest absolute Gasteiger partial charge is 0.268 e. The summed E-state index contributed by atoms with van der Waals surface area (Å²) in [5.74, 6) is 0.122. The van der Waals surface area contributed by atoms with Crippen molar-refractivity contribution in [3.05, 3.63) is 44.7 Å². The molecule has 0 spiro atoms. The number of halogens is 2. The minimum Gasteiger partial charge on any atom is -0.306 e. The molecular weight excluding hydrogens is 267 g/mol. The molecule has 16 heavy (non-hydrogen) atoms. The van der Waals surface area contributed by atoms with Crippen molar-refractivity contribution in [1.82, 2.24) is 4.98 Å². The molecule has 1 amide bonds. The number of hydrogen-bond acceptors (Lipinski definition) is 3. The predicted molar refractivity (Wildman–Crippen MR) is 66.5 cm³/mol. The standard InChI is InChI=1S/C10H6Cl2N2OS/c11-6-4-5-16-9(6)10(15)14-8-3-1-2-7(12)13-8/h1-5H,(H,13,14,15). The summed E-state index contributed by atoms with van der Waals surface area (Å²) in [6.45, 7) is 0. The molecule has 2 rings (SSSR count). The van der Waals surface area contributed by atoms with Gasteiger partial charge < -0.3 is 5.32 Å². The van der Waals surface area contributed by atoms with Crippen molar-refractivity contribution in [3.63, 3.8) is 0 Å². The fourth-order valence-corrected chi connectivity index (χ4v) is 2.31. The third-order valence-electron chi connectivity index (χ3n) is 1.78. The number of thiophene rings is 1. The molecule has 82 valence electrons. The maximum atomic E-state index is 11.7. The van der Waals surface area contributed by atoms with Gasteiger partial charge in [-0.15, -0.1) is 11.3 Å². The third kappa shape index (κ3) is 2.52. The fraction of sp³-hybridized carbons (Fsp3) is 0. The van der Waals surface area contributed by atoms with E-state index in [1.807, 2.05) is 0 Å². The number of anilines is 1. The molecule has 6 heteroatoms. The molecule has 0 aromatic carbocycles. The van der Waals surface area contributed by atoms with Crippen LogP contribution in [-0.2, 0) is 0 Å². The van der Waals surface area contributed by atoms with Crippen LogP contribution in [0.2, 0.25) is 10.2 Å². The minimum absolute atomic E-state index is 0.283. The van der Waals surface area contributed by atoms with Crippen LogP contribution in [0.3, 0.4) is 0 Å². The Labute approximate surface area is 106 Å². The van der Waals surface area contributed by atoms with Crippen LogP contribution >= 0.6 is 34.5 Å². The van der Waals surface area contributed by atoms with Crippen molar-refractivity contribution in [1.29, 1.82) is 0 Å². The van der Waals surface area contributed by atoms with E-state index >= 15 is 0 Å². The van der Waals surface area contributed by atoms with E-state index in [1.54, 1.807) is 29.6 Å². The zero-order chi connectivity index (χ0) is 11.5. The van der Waals surface area contributed by atoms with E-state index in [-0.39, 0.29) is 5.91 Å². The van der Waals surface area contributed by atoms with Crippen LogP contribution in [0.25, 0.3) is 0 Å². The highest BCUT2D eigenvalue weighted by atomic mass is 35.5. The second-order valence-electron chi connectivity index (χ2n) is 2.90. The molecule has 0 radical (unpaired) electrons. The Morgan fingerprint density at radius 1 is 1.31 bits per heavy atom. The molecule has 2 aromatic rings. The zero-order valence-electron chi connectivity index (χ0n) is 7.91. The Morgan fingerprint density at radius 3 is 2.75 bits per heavy atom. The van der Waals surface area contributed by atoms with E-state index in [9.17, 15) is 4.79 Å².